The minimum Gasteiger partial charge on any atom is -0.261 e. The van der Waals surface area contributed by atoms with Gasteiger partial charge in [-0.25, -0.2) is 0 Å². The molecule has 4 nitrogen and oxygen atoms in total. The summed E-state index contributed by atoms with van der Waals surface area (Å²) in [6.45, 7) is 3.76. The van der Waals surface area contributed by atoms with Gasteiger partial charge in [-0.3, -0.25) is 9.17 Å². The van der Waals surface area contributed by atoms with Crippen LogP contribution >= 0.6 is 0 Å². The standard InChI is InChI=1S/C14H15NO3S/c1-11-3-7-14(8-4-11)19(16,17)18-10-13-6-5-12(2)15-9-13/h3-9H,10H2,1-2H3. The first-order chi connectivity index (χ1) is 8.97. The summed E-state index contributed by atoms with van der Waals surface area (Å²) in [5.41, 5.74) is 2.60. The lowest BCUT2D eigenvalue weighted by Gasteiger charge is -2.06. The molecule has 100 valence electrons. The lowest BCUT2D eigenvalue weighted by Crippen LogP contribution is -2.06. The summed E-state index contributed by atoms with van der Waals surface area (Å²) in [6, 6.07) is 10.2. The van der Waals surface area contributed by atoms with Crippen LogP contribution in [0.15, 0.2) is 47.5 Å². The Morgan fingerprint density at radius 2 is 1.74 bits per heavy atom. The van der Waals surface area contributed by atoms with Gasteiger partial charge in [0.15, 0.2) is 0 Å². The van der Waals surface area contributed by atoms with Crippen molar-refractivity contribution < 1.29 is 12.6 Å². The molecule has 0 spiro atoms. The predicted molar refractivity (Wildman–Crippen MR) is 72.1 cm³/mol. The van der Waals surface area contributed by atoms with Crippen LogP contribution in [-0.4, -0.2) is 13.4 Å². The molecule has 1 aromatic heterocycles. The minimum absolute atomic E-state index is 0.0104. The van der Waals surface area contributed by atoms with Gasteiger partial charge < -0.3 is 0 Å². The number of benzene rings is 1. The van der Waals surface area contributed by atoms with Crippen LogP contribution in [0.1, 0.15) is 16.8 Å². The summed E-state index contributed by atoms with van der Waals surface area (Å²) in [4.78, 5) is 4.25. The van der Waals surface area contributed by atoms with Gasteiger partial charge in [-0.2, -0.15) is 8.42 Å². The topological polar surface area (TPSA) is 56.3 Å². The van der Waals surface area contributed by atoms with Crippen LogP contribution in [0, 0.1) is 13.8 Å². The van der Waals surface area contributed by atoms with Crippen molar-refractivity contribution in [3.05, 3.63) is 59.4 Å². The molecule has 0 amide bonds. The third kappa shape index (κ3) is 3.62. The summed E-state index contributed by atoms with van der Waals surface area (Å²) >= 11 is 0. The average molecular weight is 277 g/mol. The summed E-state index contributed by atoms with van der Waals surface area (Å²) in [7, 11) is -3.71. The van der Waals surface area contributed by atoms with Crippen LogP contribution in [0.4, 0.5) is 0 Å². The van der Waals surface area contributed by atoms with E-state index in [1.54, 1.807) is 24.4 Å². The SMILES string of the molecule is Cc1ccc(S(=O)(=O)OCc2ccc(C)nc2)cc1. The van der Waals surface area contributed by atoms with E-state index in [1.807, 2.05) is 19.9 Å². The van der Waals surface area contributed by atoms with Gasteiger partial charge in [-0.1, -0.05) is 23.8 Å². The fraction of sp³-hybridized carbons (Fsp3) is 0.214. The smallest absolute Gasteiger partial charge is 0.261 e. The Labute approximate surface area is 113 Å². The van der Waals surface area contributed by atoms with E-state index in [0.29, 0.717) is 0 Å². The normalized spacial score (nSPS) is 11.5. The van der Waals surface area contributed by atoms with Crippen molar-refractivity contribution in [2.75, 3.05) is 0 Å². The molecule has 0 unspecified atom stereocenters. The maximum absolute atomic E-state index is 11.9. The van der Waals surface area contributed by atoms with E-state index in [1.165, 1.54) is 12.1 Å². The third-order valence-corrected chi connectivity index (χ3v) is 3.94. The van der Waals surface area contributed by atoms with Crippen LogP contribution in [0.5, 0.6) is 0 Å². The summed E-state index contributed by atoms with van der Waals surface area (Å²) in [5.74, 6) is 0. The number of aryl methyl sites for hydroxylation is 2. The fourth-order valence-corrected chi connectivity index (χ4v) is 2.40. The molecule has 0 aliphatic rings. The third-order valence-electron chi connectivity index (χ3n) is 2.66. The average Bonchev–Trinajstić information content (AvgIpc) is 2.39. The molecule has 0 aliphatic carbocycles. The van der Waals surface area contributed by atoms with E-state index in [4.69, 9.17) is 4.18 Å². The highest BCUT2D eigenvalue weighted by molar-refractivity contribution is 7.86. The molecule has 0 fully saturated rings. The van der Waals surface area contributed by atoms with Crippen molar-refractivity contribution in [3.63, 3.8) is 0 Å². The Morgan fingerprint density at radius 1 is 1.05 bits per heavy atom. The predicted octanol–water partition coefficient (Wildman–Crippen LogP) is 2.60. The van der Waals surface area contributed by atoms with Gasteiger partial charge in [0.2, 0.25) is 0 Å². The molecule has 2 aromatic rings. The molecule has 0 bridgehead atoms. The second kappa shape index (κ2) is 5.50. The maximum atomic E-state index is 11.9. The molecule has 2 rings (SSSR count). The number of hydrogen-bond acceptors (Lipinski definition) is 4. The van der Waals surface area contributed by atoms with Gasteiger partial charge >= 0.3 is 0 Å². The molecule has 0 N–H and O–H groups in total. The number of pyridine rings is 1. The highest BCUT2D eigenvalue weighted by Gasteiger charge is 2.14. The molecule has 5 heteroatoms. The first-order valence-corrected chi connectivity index (χ1v) is 7.26. The first kappa shape index (κ1) is 13.7. The molecule has 0 radical (unpaired) electrons. The van der Waals surface area contributed by atoms with Crippen molar-refractivity contribution in [3.8, 4) is 0 Å². The van der Waals surface area contributed by atoms with Gasteiger partial charge in [0.1, 0.15) is 0 Å². The van der Waals surface area contributed by atoms with Gasteiger partial charge in [-0.05, 0) is 37.6 Å². The Balaban J connectivity index is 2.09. The lowest BCUT2D eigenvalue weighted by molar-refractivity contribution is 0.307. The molecule has 0 saturated heterocycles. The van der Waals surface area contributed by atoms with Gasteiger partial charge in [0.25, 0.3) is 10.1 Å². The number of hydrogen-bond donors (Lipinski definition) is 0. The lowest BCUT2D eigenvalue weighted by atomic mass is 10.2. The maximum Gasteiger partial charge on any atom is 0.297 e. The zero-order valence-electron chi connectivity index (χ0n) is 10.8. The molecule has 19 heavy (non-hydrogen) atoms. The van der Waals surface area contributed by atoms with E-state index < -0.39 is 10.1 Å². The van der Waals surface area contributed by atoms with Crippen molar-refractivity contribution in [2.45, 2.75) is 25.3 Å². The quantitative estimate of drug-likeness (QED) is 0.806. The molecular formula is C14H15NO3S. The second-order valence-electron chi connectivity index (χ2n) is 4.34. The molecule has 0 saturated carbocycles. The number of rotatable bonds is 4. The molecule has 1 aromatic carbocycles. The molecule has 0 atom stereocenters. The van der Waals surface area contributed by atoms with Gasteiger partial charge in [0.05, 0.1) is 11.5 Å². The largest absolute Gasteiger partial charge is 0.297 e. The zero-order chi connectivity index (χ0) is 13.9. The van der Waals surface area contributed by atoms with Gasteiger partial charge in [-0.15, -0.1) is 0 Å². The van der Waals surface area contributed by atoms with Crippen molar-refractivity contribution in [2.24, 2.45) is 0 Å². The van der Waals surface area contributed by atoms with Crippen LogP contribution < -0.4 is 0 Å². The van der Waals surface area contributed by atoms with Gasteiger partial charge in [0, 0.05) is 11.9 Å². The minimum atomic E-state index is -3.71. The van der Waals surface area contributed by atoms with Crippen LogP contribution in [0.2, 0.25) is 0 Å². The Kier molecular flexibility index (Phi) is 3.97. The van der Waals surface area contributed by atoms with E-state index in [2.05, 4.69) is 4.98 Å². The highest BCUT2D eigenvalue weighted by Crippen LogP contribution is 2.15. The van der Waals surface area contributed by atoms with Crippen molar-refractivity contribution >= 4 is 10.1 Å². The van der Waals surface area contributed by atoms with E-state index in [-0.39, 0.29) is 11.5 Å². The summed E-state index contributed by atoms with van der Waals surface area (Å²) < 4.78 is 28.9. The number of aromatic nitrogens is 1. The Bertz CT molecular complexity index is 646. The van der Waals surface area contributed by atoms with E-state index in [0.717, 1.165) is 16.8 Å². The van der Waals surface area contributed by atoms with Crippen molar-refractivity contribution in [1.29, 1.82) is 0 Å². The number of nitrogens with zero attached hydrogens (tertiary/aromatic N) is 1. The summed E-state index contributed by atoms with van der Waals surface area (Å²) in [6.07, 6.45) is 1.61. The molecular weight excluding hydrogens is 262 g/mol. The highest BCUT2D eigenvalue weighted by atomic mass is 32.2. The van der Waals surface area contributed by atoms with Crippen LogP contribution in [0.25, 0.3) is 0 Å². The Morgan fingerprint density at radius 3 is 2.32 bits per heavy atom. The zero-order valence-corrected chi connectivity index (χ0v) is 11.6. The van der Waals surface area contributed by atoms with Crippen LogP contribution in [-0.2, 0) is 20.9 Å². The summed E-state index contributed by atoms with van der Waals surface area (Å²) in [5, 5.41) is 0. The molecule has 0 aliphatic heterocycles. The van der Waals surface area contributed by atoms with Crippen molar-refractivity contribution in [1.82, 2.24) is 4.98 Å². The van der Waals surface area contributed by atoms with E-state index in [9.17, 15) is 8.42 Å². The second-order valence-corrected chi connectivity index (χ2v) is 5.95. The monoisotopic (exact) mass is 277 g/mol. The first-order valence-electron chi connectivity index (χ1n) is 5.85. The fourth-order valence-electron chi connectivity index (χ4n) is 1.50. The Hall–Kier alpha value is -1.72. The van der Waals surface area contributed by atoms with E-state index >= 15 is 0 Å². The van der Waals surface area contributed by atoms with Crippen LogP contribution in [0.3, 0.4) is 0 Å². The molecule has 1 heterocycles.